The molecular weight excluding hydrogens is 284 g/mol. The number of hydrogen-bond acceptors (Lipinski definition) is 0. The van der Waals surface area contributed by atoms with Crippen molar-refractivity contribution in [3.05, 3.63) is 70.1 Å². The normalized spacial score (nSPS) is 11.1. The molecule has 1 heterocycles. The Kier molecular flexibility index (Phi) is 3.21. The Morgan fingerprint density at radius 2 is 1.79 bits per heavy atom. The Hall–Kier alpha value is -1.51. The molecule has 1 aromatic heterocycles. The first-order valence-corrected chi connectivity index (χ1v) is 6.58. The van der Waals surface area contributed by atoms with Crippen molar-refractivity contribution >= 4 is 34.1 Å². The molecule has 96 valence electrons. The fourth-order valence-electron chi connectivity index (χ4n) is 2.18. The van der Waals surface area contributed by atoms with Crippen molar-refractivity contribution < 1.29 is 4.39 Å². The highest BCUT2D eigenvalue weighted by molar-refractivity contribution is 6.42. The molecule has 0 aliphatic rings. The van der Waals surface area contributed by atoms with Crippen LogP contribution in [0.1, 0.15) is 5.56 Å². The summed E-state index contributed by atoms with van der Waals surface area (Å²) in [6.45, 7) is 0.562. The van der Waals surface area contributed by atoms with E-state index in [0.717, 1.165) is 11.1 Å². The summed E-state index contributed by atoms with van der Waals surface area (Å²) in [5.41, 5.74) is 1.76. The predicted octanol–water partition coefficient (Wildman–Crippen LogP) is 5.14. The number of hydrogen-bond donors (Lipinski definition) is 0. The summed E-state index contributed by atoms with van der Waals surface area (Å²) in [5, 5.41) is 1.69. The largest absolute Gasteiger partial charge is 0.343 e. The van der Waals surface area contributed by atoms with Gasteiger partial charge in [0.1, 0.15) is 5.82 Å². The molecular formula is C15H10Cl2FN. The molecule has 0 saturated heterocycles. The van der Waals surface area contributed by atoms with Crippen LogP contribution in [-0.2, 0) is 6.54 Å². The van der Waals surface area contributed by atoms with Gasteiger partial charge in [-0.2, -0.15) is 0 Å². The molecule has 0 fully saturated rings. The number of fused-ring (bicyclic) bond motifs is 1. The minimum absolute atomic E-state index is 0.214. The molecule has 19 heavy (non-hydrogen) atoms. The van der Waals surface area contributed by atoms with E-state index in [0.29, 0.717) is 22.0 Å². The van der Waals surface area contributed by atoms with E-state index < -0.39 is 0 Å². The van der Waals surface area contributed by atoms with Gasteiger partial charge in [0.05, 0.1) is 15.6 Å². The molecule has 0 N–H and O–H groups in total. The van der Waals surface area contributed by atoms with Gasteiger partial charge in [-0.3, -0.25) is 0 Å². The van der Waals surface area contributed by atoms with E-state index in [1.165, 1.54) is 6.07 Å². The summed E-state index contributed by atoms with van der Waals surface area (Å²) in [4.78, 5) is 0. The molecule has 3 aromatic rings. The van der Waals surface area contributed by atoms with Crippen molar-refractivity contribution in [2.75, 3.05) is 0 Å². The van der Waals surface area contributed by atoms with Crippen molar-refractivity contribution in [1.82, 2.24) is 4.57 Å². The molecule has 0 radical (unpaired) electrons. The molecule has 4 heteroatoms. The lowest BCUT2D eigenvalue weighted by molar-refractivity contribution is 0.639. The lowest BCUT2D eigenvalue weighted by Gasteiger charge is -2.08. The Morgan fingerprint density at radius 1 is 1.00 bits per heavy atom. The third kappa shape index (κ3) is 2.22. The Labute approximate surface area is 120 Å². The monoisotopic (exact) mass is 293 g/mol. The summed E-state index contributed by atoms with van der Waals surface area (Å²) in [6, 6.07) is 12.3. The maximum atomic E-state index is 13.6. The van der Waals surface area contributed by atoms with Crippen LogP contribution in [0.4, 0.5) is 4.39 Å². The zero-order chi connectivity index (χ0) is 13.4. The van der Waals surface area contributed by atoms with Crippen molar-refractivity contribution in [3.8, 4) is 0 Å². The van der Waals surface area contributed by atoms with E-state index >= 15 is 0 Å². The van der Waals surface area contributed by atoms with Crippen molar-refractivity contribution in [1.29, 1.82) is 0 Å². The molecule has 0 aliphatic carbocycles. The van der Waals surface area contributed by atoms with Crippen molar-refractivity contribution in [2.45, 2.75) is 6.54 Å². The average Bonchev–Trinajstić information content (AvgIpc) is 2.80. The van der Waals surface area contributed by atoms with Crippen LogP contribution < -0.4 is 0 Å². The van der Waals surface area contributed by atoms with E-state index in [1.54, 1.807) is 18.2 Å². The van der Waals surface area contributed by atoms with E-state index in [1.807, 2.05) is 29.0 Å². The second kappa shape index (κ2) is 4.87. The lowest BCUT2D eigenvalue weighted by atomic mass is 10.2. The first-order valence-electron chi connectivity index (χ1n) is 5.83. The molecule has 3 rings (SSSR count). The van der Waals surface area contributed by atoms with E-state index in [2.05, 4.69) is 0 Å². The quantitative estimate of drug-likeness (QED) is 0.617. The molecule has 0 amide bonds. The minimum Gasteiger partial charge on any atom is -0.343 e. The fraction of sp³-hybridized carbons (Fsp3) is 0.0667. The second-order valence-electron chi connectivity index (χ2n) is 4.33. The van der Waals surface area contributed by atoms with Crippen LogP contribution in [0.2, 0.25) is 10.0 Å². The van der Waals surface area contributed by atoms with Gasteiger partial charge in [0, 0.05) is 18.1 Å². The summed E-state index contributed by atoms with van der Waals surface area (Å²) in [6.07, 6.45) is 1.85. The zero-order valence-corrected chi connectivity index (χ0v) is 11.4. The highest BCUT2D eigenvalue weighted by atomic mass is 35.5. The minimum atomic E-state index is -0.214. The SMILES string of the molecule is Fc1cccc2c1ccn2Cc1cccc(Cl)c1Cl. The van der Waals surface area contributed by atoms with Crippen LogP contribution in [0.5, 0.6) is 0 Å². The van der Waals surface area contributed by atoms with Gasteiger partial charge in [-0.05, 0) is 29.8 Å². The zero-order valence-electron chi connectivity index (χ0n) is 9.91. The highest BCUT2D eigenvalue weighted by Crippen LogP contribution is 2.27. The van der Waals surface area contributed by atoms with Gasteiger partial charge in [0.15, 0.2) is 0 Å². The molecule has 0 unspecified atom stereocenters. The van der Waals surface area contributed by atoms with Crippen LogP contribution in [-0.4, -0.2) is 4.57 Å². The van der Waals surface area contributed by atoms with Crippen LogP contribution in [0, 0.1) is 5.82 Å². The number of aromatic nitrogens is 1. The summed E-state index contributed by atoms with van der Waals surface area (Å²) in [5.74, 6) is -0.214. The van der Waals surface area contributed by atoms with Crippen LogP contribution >= 0.6 is 23.2 Å². The Morgan fingerprint density at radius 3 is 2.63 bits per heavy atom. The van der Waals surface area contributed by atoms with Gasteiger partial charge in [-0.1, -0.05) is 41.4 Å². The second-order valence-corrected chi connectivity index (χ2v) is 5.11. The summed E-state index contributed by atoms with van der Waals surface area (Å²) in [7, 11) is 0. The Bertz CT molecular complexity index is 749. The molecule has 0 aliphatic heterocycles. The number of halogens is 3. The lowest BCUT2D eigenvalue weighted by Crippen LogP contribution is -1.98. The average molecular weight is 294 g/mol. The van der Waals surface area contributed by atoms with Gasteiger partial charge in [-0.25, -0.2) is 4.39 Å². The van der Waals surface area contributed by atoms with Gasteiger partial charge in [0.25, 0.3) is 0 Å². The smallest absolute Gasteiger partial charge is 0.132 e. The van der Waals surface area contributed by atoms with Gasteiger partial charge < -0.3 is 4.57 Å². The standard InChI is InChI=1S/C15H10Cl2FN/c16-12-4-1-3-10(15(12)17)9-19-8-7-11-13(18)5-2-6-14(11)19/h1-8H,9H2. The molecule has 1 nitrogen and oxygen atoms in total. The molecule has 0 bridgehead atoms. The summed E-state index contributed by atoms with van der Waals surface area (Å²) < 4.78 is 15.6. The van der Waals surface area contributed by atoms with Crippen LogP contribution in [0.15, 0.2) is 48.7 Å². The number of nitrogens with zero attached hydrogens (tertiary/aromatic N) is 1. The fourth-order valence-corrected chi connectivity index (χ4v) is 2.56. The van der Waals surface area contributed by atoms with Gasteiger partial charge in [0.2, 0.25) is 0 Å². The molecule has 0 atom stereocenters. The summed E-state index contributed by atoms with van der Waals surface area (Å²) >= 11 is 12.2. The van der Waals surface area contributed by atoms with E-state index in [9.17, 15) is 4.39 Å². The maximum absolute atomic E-state index is 13.6. The predicted molar refractivity (Wildman–Crippen MR) is 77.5 cm³/mol. The first-order chi connectivity index (χ1) is 9.16. The number of benzene rings is 2. The first kappa shape index (κ1) is 12.5. The number of rotatable bonds is 2. The van der Waals surface area contributed by atoms with E-state index in [4.69, 9.17) is 23.2 Å². The van der Waals surface area contributed by atoms with Crippen molar-refractivity contribution in [2.24, 2.45) is 0 Å². The molecule has 2 aromatic carbocycles. The molecule has 0 saturated carbocycles. The van der Waals surface area contributed by atoms with Crippen LogP contribution in [0.25, 0.3) is 10.9 Å². The van der Waals surface area contributed by atoms with Crippen molar-refractivity contribution in [3.63, 3.8) is 0 Å². The Balaban J connectivity index is 2.07. The van der Waals surface area contributed by atoms with Gasteiger partial charge in [-0.15, -0.1) is 0 Å². The van der Waals surface area contributed by atoms with E-state index in [-0.39, 0.29) is 5.82 Å². The van der Waals surface area contributed by atoms with Gasteiger partial charge >= 0.3 is 0 Å². The third-order valence-electron chi connectivity index (χ3n) is 3.13. The molecule has 0 spiro atoms. The topological polar surface area (TPSA) is 4.93 Å². The highest BCUT2D eigenvalue weighted by Gasteiger charge is 2.08. The third-order valence-corrected chi connectivity index (χ3v) is 3.99. The maximum Gasteiger partial charge on any atom is 0.132 e. The van der Waals surface area contributed by atoms with Crippen LogP contribution in [0.3, 0.4) is 0 Å².